The van der Waals surface area contributed by atoms with Gasteiger partial charge in [-0.25, -0.2) is 0 Å². The molecule has 1 aliphatic rings. The van der Waals surface area contributed by atoms with E-state index in [4.69, 9.17) is 9.47 Å². The number of hydrogen-bond donors (Lipinski definition) is 1. The van der Waals surface area contributed by atoms with Crippen LogP contribution in [0.4, 0.5) is 5.69 Å². The van der Waals surface area contributed by atoms with E-state index in [1.807, 2.05) is 30.3 Å². The molecule has 0 fully saturated rings. The monoisotopic (exact) mass is 507 g/mol. The van der Waals surface area contributed by atoms with Crippen LogP contribution < -0.4 is 9.47 Å². The van der Waals surface area contributed by atoms with Crippen LogP contribution in [0.5, 0.6) is 17.2 Å². The summed E-state index contributed by atoms with van der Waals surface area (Å²) >= 11 is 4.32. The Kier molecular flexibility index (Phi) is 4.53. The van der Waals surface area contributed by atoms with E-state index in [9.17, 15) is 5.11 Å². The number of rotatable bonds is 2. The Morgan fingerprint density at radius 1 is 1.05 bits per heavy atom. The second-order valence-electron chi connectivity index (χ2n) is 4.41. The van der Waals surface area contributed by atoms with Crippen molar-refractivity contribution in [3.8, 4) is 17.2 Å². The van der Waals surface area contributed by atoms with Crippen molar-refractivity contribution in [2.45, 2.75) is 0 Å². The summed E-state index contributed by atoms with van der Waals surface area (Å²) in [5, 5.41) is 10.0. The third-order valence-electron chi connectivity index (χ3n) is 2.94. The maximum Gasteiger partial charge on any atom is 0.163 e. The molecular formula is C15H11I2NO3. The Hall–Kier alpha value is -1.03. The van der Waals surface area contributed by atoms with Crippen molar-refractivity contribution < 1.29 is 14.6 Å². The van der Waals surface area contributed by atoms with E-state index in [0.29, 0.717) is 24.5 Å². The fourth-order valence-electron chi connectivity index (χ4n) is 1.94. The van der Waals surface area contributed by atoms with Gasteiger partial charge in [0.1, 0.15) is 19.0 Å². The molecule has 0 saturated heterocycles. The molecule has 0 amide bonds. The second kappa shape index (κ2) is 6.39. The molecule has 0 atom stereocenters. The highest BCUT2D eigenvalue weighted by Gasteiger charge is 2.11. The molecule has 21 heavy (non-hydrogen) atoms. The first-order valence-electron chi connectivity index (χ1n) is 6.25. The van der Waals surface area contributed by atoms with Crippen LogP contribution in [0.15, 0.2) is 35.3 Å². The lowest BCUT2D eigenvalue weighted by atomic mass is 10.2. The number of halogens is 2. The SMILES string of the molecule is Oc1c(I)cc(I)cc1C=Nc1ccc2c(c1)OCCO2. The minimum Gasteiger partial charge on any atom is -0.506 e. The highest BCUT2D eigenvalue weighted by atomic mass is 127. The highest BCUT2D eigenvalue weighted by molar-refractivity contribution is 14.1. The fourth-order valence-corrected chi connectivity index (χ4v) is 3.83. The first-order valence-corrected chi connectivity index (χ1v) is 8.41. The van der Waals surface area contributed by atoms with Gasteiger partial charge in [-0.15, -0.1) is 0 Å². The maximum absolute atomic E-state index is 10.0. The van der Waals surface area contributed by atoms with E-state index in [2.05, 4.69) is 50.2 Å². The molecule has 2 aromatic rings. The molecule has 6 heteroatoms. The lowest BCUT2D eigenvalue weighted by Crippen LogP contribution is -2.14. The molecule has 0 aromatic heterocycles. The van der Waals surface area contributed by atoms with Gasteiger partial charge in [-0.1, -0.05) is 0 Å². The summed E-state index contributed by atoms with van der Waals surface area (Å²) in [6.07, 6.45) is 1.66. The molecule has 108 valence electrons. The summed E-state index contributed by atoms with van der Waals surface area (Å²) in [5.74, 6) is 1.70. The van der Waals surface area contributed by atoms with E-state index in [0.717, 1.165) is 18.6 Å². The van der Waals surface area contributed by atoms with Gasteiger partial charge in [0.2, 0.25) is 0 Å². The molecule has 1 aliphatic heterocycles. The van der Waals surface area contributed by atoms with Crippen LogP contribution >= 0.6 is 45.2 Å². The third kappa shape index (κ3) is 3.42. The Morgan fingerprint density at radius 3 is 2.62 bits per heavy atom. The molecule has 1 N–H and O–H groups in total. The van der Waals surface area contributed by atoms with Crippen LogP contribution in [0, 0.1) is 7.14 Å². The Labute approximate surface area is 149 Å². The van der Waals surface area contributed by atoms with E-state index in [1.165, 1.54) is 0 Å². The number of phenols is 1. The minimum atomic E-state index is 0.248. The standard InChI is InChI=1S/C15H11I2NO3/c16-10-5-9(15(19)12(17)6-10)8-18-11-1-2-13-14(7-11)21-4-3-20-13/h1-2,5-8,19H,3-4H2. The molecule has 3 rings (SSSR count). The molecule has 0 radical (unpaired) electrons. The van der Waals surface area contributed by atoms with Gasteiger partial charge in [-0.3, -0.25) is 4.99 Å². The second-order valence-corrected chi connectivity index (χ2v) is 6.82. The van der Waals surface area contributed by atoms with E-state index in [-0.39, 0.29) is 5.75 Å². The minimum absolute atomic E-state index is 0.248. The first kappa shape index (κ1) is 14.9. The molecule has 0 bridgehead atoms. The average molecular weight is 507 g/mol. The summed E-state index contributed by atoms with van der Waals surface area (Å²) in [5.41, 5.74) is 1.45. The summed E-state index contributed by atoms with van der Waals surface area (Å²) in [6, 6.07) is 9.35. The van der Waals surface area contributed by atoms with E-state index in [1.54, 1.807) is 6.21 Å². The van der Waals surface area contributed by atoms with Crippen LogP contribution in [0.3, 0.4) is 0 Å². The zero-order valence-corrected chi connectivity index (χ0v) is 15.2. The van der Waals surface area contributed by atoms with Gasteiger partial charge in [0.05, 0.1) is 9.26 Å². The van der Waals surface area contributed by atoms with Gasteiger partial charge < -0.3 is 14.6 Å². The topological polar surface area (TPSA) is 51.1 Å². The van der Waals surface area contributed by atoms with Gasteiger partial charge >= 0.3 is 0 Å². The summed E-state index contributed by atoms with van der Waals surface area (Å²) < 4.78 is 12.9. The zero-order chi connectivity index (χ0) is 14.8. The van der Waals surface area contributed by atoms with Crippen LogP contribution in [-0.4, -0.2) is 24.5 Å². The highest BCUT2D eigenvalue weighted by Crippen LogP contribution is 2.34. The average Bonchev–Trinajstić information content (AvgIpc) is 2.49. The molecule has 2 aromatic carbocycles. The number of phenolic OH excluding ortho intramolecular Hbond substituents is 1. The van der Waals surface area contributed by atoms with Gasteiger partial charge in [-0.2, -0.15) is 0 Å². The van der Waals surface area contributed by atoms with Crippen molar-refractivity contribution in [1.82, 2.24) is 0 Å². The Balaban J connectivity index is 1.89. The number of ether oxygens (including phenoxy) is 2. The molecule has 1 heterocycles. The maximum atomic E-state index is 10.0. The summed E-state index contributed by atoms with van der Waals surface area (Å²) in [6.45, 7) is 1.13. The molecule has 0 saturated carbocycles. The Morgan fingerprint density at radius 2 is 1.81 bits per heavy atom. The number of nitrogens with zero attached hydrogens (tertiary/aromatic N) is 1. The quantitative estimate of drug-likeness (QED) is 0.492. The van der Waals surface area contributed by atoms with Crippen molar-refractivity contribution in [2.75, 3.05) is 13.2 Å². The number of hydrogen-bond acceptors (Lipinski definition) is 4. The van der Waals surface area contributed by atoms with Crippen molar-refractivity contribution in [1.29, 1.82) is 0 Å². The van der Waals surface area contributed by atoms with Crippen molar-refractivity contribution in [3.63, 3.8) is 0 Å². The van der Waals surface area contributed by atoms with Crippen LogP contribution in [-0.2, 0) is 0 Å². The van der Waals surface area contributed by atoms with Gasteiger partial charge in [0.15, 0.2) is 11.5 Å². The summed E-state index contributed by atoms with van der Waals surface area (Å²) in [7, 11) is 0. The lowest BCUT2D eigenvalue weighted by Gasteiger charge is -2.18. The Bertz CT molecular complexity index is 716. The van der Waals surface area contributed by atoms with Crippen LogP contribution in [0.2, 0.25) is 0 Å². The fraction of sp³-hybridized carbons (Fsp3) is 0.133. The van der Waals surface area contributed by atoms with Crippen molar-refractivity contribution >= 4 is 57.1 Å². The van der Waals surface area contributed by atoms with Crippen LogP contribution in [0.1, 0.15) is 5.56 Å². The lowest BCUT2D eigenvalue weighted by molar-refractivity contribution is 0.171. The van der Waals surface area contributed by atoms with Gasteiger partial charge in [-0.05, 0) is 69.4 Å². The van der Waals surface area contributed by atoms with Crippen molar-refractivity contribution in [2.24, 2.45) is 4.99 Å². The van der Waals surface area contributed by atoms with Gasteiger partial charge in [0.25, 0.3) is 0 Å². The normalized spacial score (nSPS) is 13.6. The smallest absolute Gasteiger partial charge is 0.163 e. The summed E-state index contributed by atoms with van der Waals surface area (Å²) in [4.78, 5) is 4.40. The molecular weight excluding hydrogens is 496 g/mol. The van der Waals surface area contributed by atoms with E-state index >= 15 is 0 Å². The predicted octanol–water partition coefficient (Wildman–Crippen LogP) is 4.12. The van der Waals surface area contributed by atoms with Crippen molar-refractivity contribution in [3.05, 3.63) is 43.0 Å². The molecule has 0 unspecified atom stereocenters. The van der Waals surface area contributed by atoms with Gasteiger partial charge in [0, 0.05) is 21.4 Å². The molecule has 4 nitrogen and oxygen atoms in total. The third-order valence-corrected chi connectivity index (χ3v) is 4.38. The van der Waals surface area contributed by atoms with E-state index < -0.39 is 0 Å². The number of fused-ring (bicyclic) bond motifs is 1. The predicted molar refractivity (Wildman–Crippen MR) is 98.2 cm³/mol. The number of benzene rings is 2. The number of aliphatic imine (C=N–C) groups is 1. The molecule has 0 spiro atoms. The molecule has 0 aliphatic carbocycles. The number of aromatic hydroxyl groups is 1. The largest absolute Gasteiger partial charge is 0.506 e. The zero-order valence-electron chi connectivity index (χ0n) is 10.8. The first-order chi connectivity index (χ1) is 10.1. The van der Waals surface area contributed by atoms with Crippen LogP contribution in [0.25, 0.3) is 0 Å².